The fourth-order valence-electron chi connectivity index (χ4n) is 3.32. The molecule has 1 aromatic carbocycles. The zero-order valence-electron chi connectivity index (χ0n) is 14.1. The van der Waals surface area contributed by atoms with Gasteiger partial charge in [0.25, 0.3) is 5.89 Å². The van der Waals surface area contributed by atoms with Crippen LogP contribution < -0.4 is 4.90 Å². The maximum Gasteiger partial charge on any atom is 0.325 e. The summed E-state index contributed by atoms with van der Waals surface area (Å²) >= 11 is 0. The zero-order chi connectivity index (χ0) is 17.2. The lowest BCUT2D eigenvalue weighted by molar-refractivity contribution is 0.00957. The van der Waals surface area contributed by atoms with E-state index in [1.807, 2.05) is 23.1 Å². The Morgan fingerprint density at radius 2 is 2.24 bits per heavy atom. The van der Waals surface area contributed by atoms with Gasteiger partial charge >= 0.3 is 6.03 Å². The fraction of sp³-hybridized carbons (Fsp3) is 0.471. The summed E-state index contributed by atoms with van der Waals surface area (Å²) in [6, 6.07) is 7.61. The third-order valence-corrected chi connectivity index (χ3v) is 4.54. The number of hydrogen-bond acceptors (Lipinski definition) is 6. The first kappa shape index (κ1) is 16.0. The van der Waals surface area contributed by atoms with Crippen LogP contribution in [0.1, 0.15) is 23.3 Å². The molecular weight excluding hydrogens is 324 g/mol. The third-order valence-electron chi connectivity index (χ3n) is 4.54. The lowest BCUT2D eigenvalue weighted by Crippen LogP contribution is -2.49. The highest BCUT2D eigenvalue weighted by Gasteiger charge is 2.36. The summed E-state index contributed by atoms with van der Waals surface area (Å²) in [5, 5.41) is 4.00. The number of carbonyl (C=O) groups is 1. The van der Waals surface area contributed by atoms with E-state index in [9.17, 15) is 4.79 Å². The molecule has 1 aromatic heterocycles. The van der Waals surface area contributed by atoms with E-state index in [-0.39, 0.29) is 18.7 Å². The summed E-state index contributed by atoms with van der Waals surface area (Å²) in [4.78, 5) is 21.1. The van der Waals surface area contributed by atoms with Crippen LogP contribution in [0.25, 0.3) is 0 Å². The van der Waals surface area contributed by atoms with E-state index >= 15 is 0 Å². The van der Waals surface area contributed by atoms with Gasteiger partial charge in [0.05, 0.1) is 13.2 Å². The lowest BCUT2D eigenvalue weighted by Gasteiger charge is -2.36. The molecule has 0 saturated carbocycles. The molecule has 0 bridgehead atoms. The summed E-state index contributed by atoms with van der Waals surface area (Å²) < 4.78 is 15.7. The molecule has 3 heterocycles. The smallest absolute Gasteiger partial charge is 0.325 e. The molecule has 0 radical (unpaired) electrons. The summed E-state index contributed by atoms with van der Waals surface area (Å²) in [6.07, 6.45) is 0.872. The van der Waals surface area contributed by atoms with E-state index < -0.39 is 0 Å². The van der Waals surface area contributed by atoms with Crippen LogP contribution in [-0.4, -0.2) is 54.5 Å². The molecule has 0 aliphatic carbocycles. The predicted octanol–water partition coefficient (Wildman–Crippen LogP) is 1.77. The van der Waals surface area contributed by atoms with Gasteiger partial charge in [-0.15, -0.1) is 0 Å². The van der Waals surface area contributed by atoms with Crippen molar-refractivity contribution in [2.45, 2.75) is 19.1 Å². The Morgan fingerprint density at radius 1 is 1.36 bits per heavy atom. The summed E-state index contributed by atoms with van der Waals surface area (Å²) in [5.41, 5.74) is 2.17. The number of methoxy groups -OCH3 is 1. The molecule has 2 aliphatic rings. The van der Waals surface area contributed by atoms with E-state index in [1.165, 1.54) is 5.56 Å². The molecule has 1 fully saturated rings. The maximum atomic E-state index is 13.2. The Hall–Kier alpha value is -2.45. The Labute approximate surface area is 145 Å². The van der Waals surface area contributed by atoms with Gasteiger partial charge in [0.15, 0.2) is 5.82 Å². The van der Waals surface area contributed by atoms with Gasteiger partial charge in [0, 0.05) is 25.9 Å². The van der Waals surface area contributed by atoms with E-state index in [4.69, 9.17) is 14.0 Å². The fourth-order valence-corrected chi connectivity index (χ4v) is 3.32. The molecule has 4 rings (SSSR count). The minimum absolute atomic E-state index is 0.0451. The molecule has 1 atom stereocenters. The van der Waals surface area contributed by atoms with Crippen LogP contribution in [-0.2, 0) is 22.5 Å². The molecule has 1 unspecified atom stereocenters. The molecule has 2 aliphatic heterocycles. The Morgan fingerprint density at radius 3 is 3.12 bits per heavy atom. The van der Waals surface area contributed by atoms with Crippen LogP contribution in [0.5, 0.6) is 0 Å². The van der Waals surface area contributed by atoms with Crippen molar-refractivity contribution in [1.82, 2.24) is 15.0 Å². The van der Waals surface area contributed by atoms with Crippen LogP contribution in [0.2, 0.25) is 0 Å². The third kappa shape index (κ3) is 2.98. The summed E-state index contributed by atoms with van der Waals surface area (Å²) in [6.45, 7) is 2.28. The number of aromatic nitrogens is 2. The second-order valence-electron chi connectivity index (χ2n) is 6.08. The maximum absolute atomic E-state index is 13.2. The molecule has 0 N–H and O–H groups in total. The number of carbonyl (C=O) groups excluding carboxylic acids is 1. The second kappa shape index (κ2) is 6.81. The van der Waals surface area contributed by atoms with Crippen LogP contribution in [0.4, 0.5) is 10.5 Å². The highest BCUT2D eigenvalue weighted by molar-refractivity contribution is 5.94. The number of para-hydroxylation sites is 1. The van der Waals surface area contributed by atoms with Crippen molar-refractivity contribution in [3.8, 4) is 0 Å². The number of rotatable bonds is 3. The number of anilines is 1. The minimum Gasteiger partial charge on any atom is -0.377 e. The van der Waals surface area contributed by atoms with Crippen LogP contribution in [0.3, 0.4) is 0 Å². The van der Waals surface area contributed by atoms with Crippen LogP contribution in [0.15, 0.2) is 28.8 Å². The van der Waals surface area contributed by atoms with Crippen molar-refractivity contribution in [3.05, 3.63) is 41.5 Å². The molecule has 8 nitrogen and oxygen atoms in total. The Balaban J connectivity index is 1.57. The molecule has 132 valence electrons. The Bertz CT molecular complexity index is 763. The number of urea groups is 1. The first-order valence-electron chi connectivity index (χ1n) is 8.33. The second-order valence-corrected chi connectivity index (χ2v) is 6.08. The largest absolute Gasteiger partial charge is 0.377 e. The van der Waals surface area contributed by atoms with Crippen molar-refractivity contribution in [2.24, 2.45) is 0 Å². The summed E-state index contributed by atoms with van der Waals surface area (Å²) in [7, 11) is 1.56. The molecule has 2 amide bonds. The number of fused-ring (bicyclic) bond motifs is 1. The molecule has 0 spiro atoms. The highest BCUT2D eigenvalue weighted by Crippen LogP contribution is 2.31. The first-order valence-corrected chi connectivity index (χ1v) is 8.33. The van der Waals surface area contributed by atoms with Gasteiger partial charge in [0.2, 0.25) is 0 Å². The van der Waals surface area contributed by atoms with Gasteiger partial charge in [-0.3, -0.25) is 4.90 Å². The van der Waals surface area contributed by atoms with Gasteiger partial charge in [0.1, 0.15) is 12.6 Å². The van der Waals surface area contributed by atoms with Gasteiger partial charge < -0.3 is 18.9 Å². The monoisotopic (exact) mass is 344 g/mol. The molecule has 1 saturated heterocycles. The number of hydrogen-bond donors (Lipinski definition) is 0. The van der Waals surface area contributed by atoms with E-state index in [0.29, 0.717) is 38.0 Å². The summed E-state index contributed by atoms with van der Waals surface area (Å²) in [5.74, 6) is 0.842. The topological polar surface area (TPSA) is 80.9 Å². The normalized spacial score (nSPS) is 20.0. The predicted molar refractivity (Wildman–Crippen MR) is 88.2 cm³/mol. The van der Waals surface area contributed by atoms with Crippen molar-refractivity contribution < 1.29 is 18.8 Å². The number of benzene rings is 1. The van der Waals surface area contributed by atoms with E-state index in [2.05, 4.69) is 16.2 Å². The van der Waals surface area contributed by atoms with Crippen molar-refractivity contribution >= 4 is 11.7 Å². The molecule has 8 heteroatoms. The quantitative estimate of drug-likeness (QED) is 0.844. The molecule has 25 heavy (non-hydrogen) atoms. The van der Waals surface area contributed by atoms with Crippen molar-refractivity contribution in [1.29, 1.82) is 0 Å². The van der Waals surface area contributed by atoms with E-state index in [1.54, 1.807) is 12.0 Å². The number of morpholine rings is 1. The Kier molecular flexibility index (Phi) is 4.37. The van der Waals surface area contributed by atoms with Gasteiger partial charge in [-0.2, -0.15) is 4.98 Å². The standard InChI is InChI=1S/C17H20N4O4/c1-23-11-15-18-16(19-25-15)14-10-24-9-8-21(14)17(22)20-7-6-12-4-2-3-5-13(12)20/h2-5,14H,6-11H2,1H3. The lowest BCUT2D eigenvalue weighted by atomic mass is 10.2. The average Bonchev–Trinajstić information content (AvgIpc) is 3.28. The van der Waals surface area contributed by atoms with Crippen LogP contribution >= 0.6 is 0 Å². The van der Waals surface area contributed by atoms with Gasteiger partial charge in [-0.25, -0.2) is 4.79 Å². The SMILES string of the molecule is COCc1nc(C2COCCN2C(=O)N2CCc3ccccc32)no1. The highest BCUT2D eigenvalue weighted by atomic mass is 16.5. The van der Waals surface area contributed by atoms with Gasteiger partial charge in [-0.1, -0.05) is 23.4 Å². The minimum atomic E-state index is -0.358. The zero-order valence-corrected chi connectivity index (χ0v) is 14.1. The number of ether oxygens (including phenoxy) is 2. The van der Waals surface area contributed by atoms with Crippen molar-refractivity contribution in [3.63, 3.8) is 0 Å². The van der Waals surface area contributed by atoms with Crippen LogP contribution in [0, 0.1) is 0 Å². The van der Waals surface area contributed by atoms with Gasteiger partial charge in [-0.05, 0) is 18.1 Å². The van der Waals surface area contributed by atoms with E-state index in [0.717, 1.165) is 12.1 Å². The molecule has 2 aromatic rings. The van der Waals surface area contributed by atoms with Crippen molar-refractivity contribution in [2.75, 3.05) is 38.3 Å². The first-order chi connectivity index (χ1) is 12.3. The number of nitrogens with zero attached hydrogens (tertiary/aromatic N) is 4. The molecular formula is C17H20N4O4. The number of amides is 2. The average molecular weight is 344 g/mol.